The van der Waals surface area contributed by atoms with Gasteiger partial charge in [0, 0.05) is 12.1 Å². The van der Waals surface area contributed by atoms with E-state index in [9.17, 15) is 18.0 Å². The van der Waals surface area contributed by atoms with E-state index in [1.165, 1.54) is 0 Å². The first-order chi connectivity index (χ1) is 9.83. The average Bonchev–Trinajstić information content (AvgIpc) is 2.41. The molecule has 1 rings (SSSR count). The van der Waals surface area contributed by atoms with E-state index in [0.29, 0.717) is 12.3 Å². The number of ether oxygens (including phenoxy) is 1. The monoisotopic (exact) mass is 304 g/mol. The van der Waals surface area contributed by atoms with Crippen molar-refractivity contribution >= 4 is 5.91 Å². The molecule has 0 fully saturated rings. The third kappa shape index (κ3) is 6.48. The molecule has 0 radical (unpaired) electrons. The van der Waals surface area contributed by atoms with Crippen molar-refractivity contribution in [2.75, 3.05) is 19.7 Å². The number of benzene rings is 1. The van der Waals surface area contributed by atoms with Gasteiger partial charge in [0.15, 0.2) is 6.61 Å². The number of para-hydroxylation sites is 1. The number of aryl methyl sites for hydroxylation is 1. The lowest BCUT2D eigenvalue weighted by Gasteiger charge is -2.14. The summed E-state index contributed by atoms with van der Waals surface area (Å²) in [5.41, 5.74) is 1.69. The molecule has 118 valence electrons. The van der Waals surface area contributed by atoms with E-state index in [2.05, 4.69) is 5.32 Å². The number of carbonyl (C=O) groups excluding carboxylic acids is 1. The van der Waals surface area contributed by atoms with Gasteiger partial charge in [-0.15, -0.1) is 0 Å². The largest absolute Gasteiger partial charge is 0.483 e. The van der Waals surface area contributed by atoms with Crippen LogP contribution in [0.15, 0.2) is 18.2 Å². The summed E-state index contributed by atoms with van der Waals surface area (Å²) in [6.45, 7) is 3.32. The molecule has 0 aliphatic rings. The maximum Gasteiger partial charge on any atom is 0.405 e. The fraction of sp³-hybridized carbons (Fsp3) is 0.500. The fourth-order valence-electron chi connectivity index (χ4n) is 1.71. The van der Waals surface area contributed by atoms with E-state index < -0.39 is 25.2 Å². The molecule has 0 saturated carbocycles. The van der Waals surface area contributed by atoms with Crippen molar-refractivity contribution in [2.24, 2.45) is 0 Å². The lowest BCUT2D eigenvalue weighted by atomic mass is 10.1. The number of hydrogen-bond donors (Lipinski definition) is 2. The van der Waals surface area contributed by atoms with Gasteiger partial charge in [-0.2, -0.15) is 13.2 Å². The number of amides is 1. The van der Waals surface area contributed by atoms with Crippen molar-refractivity contribution in [1.29, 1.82) is 0 Å². The Morgan fingerprint density at radius 2 is 2.05 bits per heavy atom. The molecule has 1 aromatic carbocycles. The third-order valence-corrected chi connectivity index (χ3v) is 2.69. The molecule has 1 aromatic rings. The quantitative estimate of drug-likeness (QED) is 0.811. The number of hydrogen-bond acceptors (Lipinski definition) is 3. The van der Waals surface area contributed by atoms with Gasteiger partial charge in [-0.25, -0.2) is 0 Å². The molecular weight excluding hydrogens is 285 g/mol. The van der Waals surface area contributed by atoms with Crippen LogP contribution in [0.5, 0.6) is 5.75 Å². The normalized spacial score (nSPS) is 11.3. The lowest BCUT2D eigenvalue weighted by Crippen LogP contribution is -2.36. The second kappa shape index (κ2) is 7.87. The van der Waals surface area contributed by atoms with Crippen molar-refractivity contribution in [1.82, 2.24) is 10.6 Å². The summed E-state index contributed by atoms with van der Waals surface area (Å²) in [4.78, 5) is 11.3. The van der Waals surface area contributed by atoms with Crippen molar-refractivity contribution in [3.05, 3.63) is 29.3 Å². The van der Waals surface area contributed by atoms with Crippen molar-refractivity contribution in [3.8, 4) is 5.75 Å². The van der Waals surface area contributed by atoms with Crippen molar-refractivity contribution in [3.63, 3.8) is 0 Å². The highest BCUT2D eigenvalue weighted by Crippen LogP contribution is 2.23. The Hall–Kier alpha value is -1.76. The van der Waals surface area contributed by atoms with Gasteiger partial charge in [-0.05, 0) is 19.0 Å². The lowest BCUT2D eigenvalue weighted by molar-refractivity contribution is -0.139. The first-order valence-electron chi connectivity index (χ1n) is 6.59. The summed E-state index contributed by atoms with van der Waals surface area (Å²) >= 11 is 0. The van der Waals surface area contributed by atoms with E-state index in [0.717, 1.165) is 17.7 Å². The van der Waals surface area contributed by atoms with Crippen molar-refractivity contribution in [2.45, 2.75) is 26.6 Å². The van der Waals surface area contributed by atoms with Crippen LogP contribution in [0.3, 0.4) is 0 Å². The summed E-state index contributed by atoms with van der Waals surface area (Å²) in [5, 5.41) is 4.91. The fourth-order valence-corrected chi connectivity index (χ4v) is 1.71. The summed E-state index contributed by atoms with van der Waals surface area (Å²) in [6, 6.07) is 5.52. The second-order valence-corrected chi connectivity index (χ2v) is 4.52. The minimum atomic E-state index is -4.42. The van der Waals surface area contributed by atoms with E-state index in [4.69, 9.17) is 4.74 Å². The predicted octanol–water partition coefficient (Wildman–Crippen LogP) is 2.16. The zero-order chi connectivity index (χ0) is 15.9. The molecule has 0 bridgehead atoms. The Morgan fingerprint density at radius 3 is 2.67 bits per heavy atom. The van der Waals surface area contributed by atoms with Crippen LogP contribution in [0.4, 0.5) is 13.2 Å². The summed E-state index contributed by atoms with van der Waals surface area (Å²) in [7, 11) is 0. The molecule has 0 aromatic heterocycles. The Bertz CT molecular complexity index is 476. The van der Waals surface area contributed by atoms with Gasteiger partial charge in [-0.1, -0.05) is 25.1 Å². The Kier molecular flexibility index (Phi) is 6.48. The van der Waals surface area contributed by atoms with Crippen LogP contribution in [0.2, 0.25) is 0 Å². The Morgan fingerprint density at radius 1 is 1.33 bits per heavy atom. The molecule has 1 amide bonds. The first kappa shape index (κ1) is 17.3. The Balaban J connectivity index is 2.59. The van der Waals surface area contributed by atoms with Crippen LogP contribution < -0.4 is 15.4 Å². The SMILES string of the molecule is CCNCc1cccc(C)c1OCC(=O)NCC(F)(F)F. The van der Waals surface area contributed by atoms with Crippen LogP contribution in [-0.4, -0.2) is 31.8 Å². The topological polar surface area (TPSA) is 50.4 Å². The highest BCUT2D eigenvalue weighted by molar-refractivity contribution is 5.77. The molecule has 21 heavy (non-hydrogen) atoms. The van der Waals surface area contributed by atoms with Gasteiger partial charge >= 0.3 is 6.18 Å². The van der Waals surface area contributed by atoms with Gasteiger partial charge < -0.3 is 15.4 Å². The standard InChI is InChI=1S/C14H19F3N2O2/c1-3-18-7-11-6-4-5-10(2)13(11)21-8-12(20)19-9-14(15,16)17/h4-6,18H,3,7-9H2,1-2H3,(H,19,20). The minimum Gasteiger partial charge on any atom is -0.483 e. The van der Waals surface area contributed by atoms with Crippen LogP contribution >= 0.6 is 0 Å². The molecule has 7 heteroatoms. The number of halogens is 3. The highest BCUT2D eigenvalue weighted by atomic mass is 19.4. The highest BCUT2D eigenvalue weighted by Gasteiger charge is 2.27. The molecule has 0 heterocycles. The average molecular weight is 304 g/mol. The van der Waals surface area contributed by atoms with E-state index in [-0.39, 0.29) is 0 Å². The van der Waals surface area contributed by atoms with Gasteiger partial charge in [0.05, 0.1) is 0 Å². The van der Waals surface area contributed by atoms with Crippen LogP contribution in [0, 0.1) is 6.92 Å². The van der Waals surface area contributed by atoms with E-state index in [1.54, 1.807) is 5.32 Å². The zero-order valence-electron chi connectivity index (χ0n) is 12.0. The predicted molar refractivity (Wildman–Crippen MR) is 73.1 cm³/mol. The minimum absolute atomic E-state index is 0.444. The molecular formula is C14H19F3N2O2. The molecule has 0 aliphatic carbocycles. The molecule has 0 spiro atoms. The van der Waals surface area contributed by atoms with Crippen LogP contribution in [-0.2, 0) is 11.3 Å². The molecule has 0 saturated heterocycles. The third-order valence-electron chi connectivity index (χ3n) is 2.69. The summed E-state index contributed by atoms with van der Waals surface area (Å²) in [5.74, 6) is -0.273. The maximum absolute atomic E-state index is 12.0. The number of alkyl halides is 3. The Labute approximate surface area is 121 Å². The molecule has 0 aliphatic heterocycles. The number of nitrogens with one attached hydrogen (secondary N) is 2. The van der Waals surface area contributed by atoms with Crippen LogP contribution in [0.1, 0.15) is 18.1 Å². The van der Waals surface area contributed by atoms with E-state index in [1.807, 2.05) is 32.0 Å². The molecule has 0 unspecified atom stereocenters. The van der Waals surface area contributed by atoms with Gasteiger partial charge in [0.25, 0.3) is 5.91 Å². The van der Waals surface area contributed by atoms with Gasteiger partial charge in [0.2, 0.25) is 0 Å². The maximum atomic E-state index is 12.0. The summed E-state index contributed by atoms with van der Waals surface area (Å²) < 4.78 is 41.3. The van der Waals surface area contributed by atoms with Crippen LogP contribution in [0.25, 0.3) is 0 Å². The first-order valence-corrected chi connectivity index (χ1v) is 6.59. The zero-order valence-corrected chi connectivity index (χ0v) is 12.0. The van der Waals surface area contributed by atoms with Crippen molar-refractivity contribution < 1.29 is 22.7 Å². The molecule has 0 atom stereocenters. The molecule has 4 nitrogen and oxygen atoms in total. The summed E-state index contributed by atoms with van der Waals surface area (Å²) in [6.07, 6.45) is -4.42. The van der Waals surface area contributed by atoms with Gasteiger partial charge in [-0.3, -0.25) is 4.79 Å². The molecule has 2 N–H and O–H groups in total. The second-order valence-electron chi connectivity index (χ2n) is 4.52. The number of carbonyl (C=O) groups is 1. The smallest absolute Gasteiger partial charge is 0.405 e. The van der Waals surface area contributed by atoms with E-state index >= 15 is 0 Å². The van der Waals surface area contributed by atoms with Gasteiger partial charge in [0.1, 0.15) is 12.3 Å². The number of rotatable bonds is 7.